The van der Waals surface area contributed by atoms with Gasteiger partial charge in [0.2, 0.25) is 0 Å². The van der Waals surface area contributed by atoms with Crippen LogP contribution in [-0.2, 0) is 21.2 Å². The van der Waals surface area contributed by atoms with E-state index in [1.54, 1.807) is 24.3 Å². The molecule has 2 aromatic rings. The van der Waals surface area contributed by atoms with E-state index in [9.17, 15) is 17.6 Å². The molecule has 0 radical (unpaired) electrons. The Morgan fingerprint density at radius 3 is 2.41 bits per heavy atom. The molecule has 2 aromatic carbocycles. The molecule has 0 N–H and O–H groups in total. The number of sulfone groups is 1. The van der Waals surface area contributed by atoms with E-state index in [4.69, 9.17) is 4.74 Å². The Kier molecular flexibility index (Phi) is 5.79. The molecule has 0 bridgehead atoms. The molecular formula is C20H22FNO4S. The van der Waals surface area contributed by atoms with E-state index in [0.717, 1.165) is 11.1 Å². The third kappa shape index (κ3) is 5.29. The first kappa shape index (κ1) is 19.4. The second-order valence-electron chi connectivity index (χ2n) is 6.81. The van der Waals surface area contributed by atoms with Crippen molar-refractivity contribution < 1.29 is 22.3 Å². The zero-order valence-electron chi connectivity index (χ0n) is 15.1. The zero-order valence-corrected chi connectivity index (χ0v) is 15.9. The summed E-state index contributed by atoms with van der Waals surface area (Å²) in [6.07, 6.45) is 0.403. The lowest BCUT2D eigenvalue weighted by atomic mass is 10.1. The number of hydrogen-bond donors (Lipinski definition) is 0. The van der Waals surface area contributed by atoms with Crippen molar-refractivity contribution in [3.8, 4) is 5.75 Å². The largest absolute Gasteiger partial charge is 0.484 e. The smallest absolute Gasteiger partial charge is 0.261 e. The molecule has 5 nitrogen and oxygen atoms in total. The van der Waals surface area contributed by atoms with Crippen molar-refractivity contribution in [2.24, 2.45) is 0 Å². The van der Waals surface area contributed by atoms with E-state index in [-0.39, 0.29) is 36.4 Å². The van der Waals surface area contributed by atoms with Crippen LogP contribution in [-0.4, -0.2) is 43.4 Å². The van der Waals surface area contributed by atoms with Gasteiger partial charge < -0.3 is 9.64 Å². The van der Waals surface area contributed by atoms with E-state index in [1.807, 2.05) is 19.1 Å². The number of benzene rings is 2. The highest BCUT2D eigenvalue weighted by molar-refractivity contribution is 7.91. The minimum atomic E-state index is -3.14. The quantitative estimate of drug-likeness (QED) is 0.760. The van der Waals surface area contributed by atoms with Crippen LogP contribution in [0.3, 0.4) is 0 Å². The van der Waals surface area contributed by atoms with Crippen molar-refractivity contribution in [3.63, 3.8) is 0 Å². The summed E-state index contributed by atoms with van der Waals surface area (Å²) in [4.78, 5) is 14.3. The zero-order chi connectivity index (χ0) is 19.4. The van der Waals surface area contributed by atoms with Gasteiger partial charge in [0.05, 0.1) is 11.5 Å². The maximum absolute atomic E-state index is 13.1. The fourth-order valence-corrected chi connectivity index (χ4v) is 4.82. The molecule has 27 heavy (non-hydrogen) atoms. The highest BCUT2D eigenvalue weighted by Crippen LogP contribution is 2.21. The van der Waals surface area contributed by atoms with Crippen LogP contribution in [0.1, 0.15) is 17.5 Å². The van der Waals surface area contributed by atoms with E-state index in [2.05, 4.69) is 0 Å². The van der Waals surface area contributed by atoms with Gasteiger partial charge in [-0.3, -0.25) is 4.79 Å². The third-order valence-corrected chi connectivity index (χ3v) is 6.37. The molecule has 1 heterocycles. The maximum atomic E-state index is 13.1. The van der Waals surface area contributed by atoms with Gasteiger partial charge in [0.15, 0.2) is 16.4 Å². The molecule has 1 aliphatic rings. The van der Waals surface area contributed by atoms with Crippen LogP contribution in [0.5, 0.6) is 5.75 Å². The highest BCUT2D eigenvalue weighted by Gasteiger charge is 2.34. The number of carbonyl (C=O) groups excluding carboxylic acids is 1. The van der Waals surface area contributed by atoms with Crippen molar-refractivity contribution in [1.82, 2.24) is 4.90 Å². The van der Waals surface area contributed by atoms with Crippen molar-refractivity contribution in [2.45, 2.75) is 25.9 Å². The minimum Gasteiger partial charge on any atom is -0.484 e. The van der Waals surface area contributed by atoms with Gasteiger partial charge in [0, 0.05) is 12.6 Å². The minimum absolute atomic E-state index is 0.0511. The normalized spacial score (nSPS) is 18.2. The SMILES string of the molecule is Cc1ccc(OCC(=O)N(Cc2ccc(F)cc2)[C@H]2CCS(=O)(=O)C2)cc1. The molecule has 0 saturated carbocycles. The number of hydrogen-bond acceptors (Lipinski definition) is 4. The number of aryl methyl sites for hydroxylation is 1. The average molecular weight is 391 g/mol. The van der Waals surface area contributed by atoms with Crippen molar-refractivity contribution in [2.75, 3.05) is 18.1 Å². The Balaban J connectivity index is 1.72. The fourth-order valence-electron chi connectivity index (χ4n) is 3.09. The van der Waals surface area contributed by atoms with E-state index >= 15 is 0 Å². The van der Waals surface area contributed by atoms with Gasteiger partial charge >= 0.3 is 0 Å². The van der Waals surface area contributed by atoms with Gasteiger partial charge in [-0.2, -0.15) is 0 Å². The van der Waals surface area contributed by atoms with Crippen molar-refractivity contribution in [3.05, 3.63) is 65.5 Å². The van der Waals surface area contributed by atoms with Crippen molar-refractivity contribution in [1.29, 1.82) is 0 Å². The highest BCUT2D eigenvalue weighted by atomic mass is 32.2. The summed E-state index contributed by atoms with van der Waals surface area (Å²) < 4.78 is 42.4. The molecule has 3 rings (SSSR count). The predicted molar refractivity (Wildman–Crippen MR) is 101 cm³/mol. The van der Waals surface area contributed by atoms with Crippen LogP contribution in [0.4, 0.5) is 4.39 Å². The van der Waals surface area contributed by atoms with E-state index < -0.39 is 15.9 Å². The second kappa shape index (κ2) is 8.08. The summed E-state index contributed by atoms with van der Waals surface area (Å²) in [7, 11) is -3.14. The second-order valence-corrected chi connectivity index (χ2v) is 9.04. The number of ether oxygens (including phenoxy) is 1. The molecule has 0 unspecified atom stereocenters. The van der Waals surface area contributed by atoms with E-state index in [1.165, 1.54) is 17.0 Å². The van der Waals surface area contributed by atoms with Crippen LogP contribution in [0.25, 0.3) is 0 Å². The molecule has 1 aliphatic heterocycles. The van der Waals surface area contributed by atoms with Crippen molar-refractivity contribution >= 4 is 15.7 Å². The Morgan fingerprint density at radius 2 is 1.81 bits per heavy atom. The number of nitrogens with zero attached hydrogens (tertiary/aromatic N) is 1. The molecule has 0 aliphatic carbocycles. The summed E-state index contributed by atoms with van der Waals surface area (Å²) in [6, 6.07) is 12.8. The van der Waals surface area contributed by atoms with Gasteiger partial charge in [0.1, 0.15) is 11.6 Å². The molecule has 7 heteroatoms. The molecule has 1 atom stereocenters. The summed E-state index contributed by atoms with van der Waals surface area (Å²) in [5.74, 6) is -0.0479. The monoisotopic (exact) mass is 391 g/mol. The summed E-state index contributed by atoms with van der Waals surface area (Å²) in [5, 5.41) is 0. The van der Waals surface area contributed by atoms with Gasteiger partial charge in [-0.05, 0) is 43.2 Å². The van der Waals surface area contributed by atoms with Crippen LogP contribution >= 0.6 is 0 Å². The van der Waals surface area contributed by atoms with Crippen LogP contribution in [0.2, 0.25) is 0 Å². The first-order valence-corrected chi connectivity index (χ1v) is 10.6. The lowest BCUT2D eigenvalue weighted by Gasteiger charge is -2.28. The van der Waals surface area contributed by atoms with Crippen LogP contribution < -0.4 is 4.74 Å². The van der Waals surface area contributed by atoms with Gasteiger partial charge in [-0.25, -0.2) is 12.8 Å². The number of rotatable bonds is 6. The molecular weight excluding hydrogens is 369 g/mol. The molecule has 1 amide bonds. The topological polar surface area (TPSA) is 63.7 Å². The molecule has 1 fully saturated rings. The molecule has 0 aromatic heterocycles. The Bertz CT molecular complexity index is 895. The lowest BCUT2D eigenvalue weighted by Crippen LogP contribution is -2.43. The lowest BCUT2D eigenvalue weighted by molar-refractivity contribution is -0.136. The maximum Gasteiger partial charge on any atom is 0.261 e. The standard InChI is InChI=1S/C20H22FNO4S/c1-15-2-8-19(9-3-15)26-13-20(23)22(18-10-11-27(24,25)14-18)12-16-4-6-17(21)7-5-16/h2-9,18H,10-14H2,1H3/t18-/m0/s1. The molecule has 144 valence electrons. The fraction of sp³-hybridized carbons (Fsp3) is 0.350. The Morgan fingerprint density at radius 1 is 1.15 bits per heavy atom. The van der Waals surface area contributed by atoms with Gasteiger partial charge in [-0.15, -0.1) is 0 Å². The molecule has 1 saturated heterocycles. The van der Waals surface area contributed by atoms with E-state index in [0.29, 0.717) is 12.2 Å². The summed E-state index contributed by atoms with van der Waals surface area (Å²) >= 11 is 0. The number of carbonyl (C=O) groups is 1. The molecule has 0 spiro atoms. The Labute approximate surface area is 158 Å². The first-order chi connectivity index (χ1) is 12.8. The average Bonchev–Trinajstić information content (AvgIpc) is 3.00. The summed E-state index contributed by atoms with van der Waals surface area (Å²) in [6.45, 7) is 2.00. The summed E-state index contributed by atoms with van der Waals surface area (Å²) in [5.41, 5.74) is 1.83. The number of amides is 1. The van der Waals surface area contributed by atoms with Crippen LogP contribution in [0.15, 0.2) is 48.5 Å². The first-order valence-electron chi connectivity index (χ1n) is 8.76. The van der Waals surface area contributed by atoms with Gasteiger partial charge in [0.25, 0.3) is 5.91 Å². The predicted octanol–water partition coefficient (Wildman–Crippen LogP) is 2.73. The Hall–Kier alpha value is -2.41. The third-order valence-electron chi connectivity index (χ3n) is 4.62. The van der Waals surface area contributed by atoms with Gasteiger partial charge in [-0.1, -0.05) is 29.8 Å². The number of halogens is 1. The van der Waals surface area contributed by atoms with Crippen LogP contribution in [0, 0.1) is 12.7 Å².